The van der Waals surface area contributed by atoms with E-state index in [1.807, 2.05) is 11.3 Å². The highest BCUT2D eigenvalue weighted by Gasteiger charge is 2.52. The molecule has 0 saturated heterocycles. The molecule has 2 aliphatic heterocycles. The largest absolute Gasteiger partial charge is 0.309 e. The van der Waals surface area contributed by atoms with Gasteiger partial charge in [0.15, 0.2) is 0 Å². The molecule has 0 bridgehead atoms. The van der Waals surface area contributed by atoms with Gasteiger partial charge in [0.05, 0.1) is 22.1 Å². The van der Waals surface area contributed by atoms with Crippen molar-refractivity contribution < 1.29 is 0 Å². The zero-order valence-electron chi connectivity index (χ0n) is 23.4. The molecule has 0 aliphatic carbocycles. The van der Waals surface area contributed by atoms with Gasteiger partial charge in [-0.3, -0.25) is 0 Å². The zero-order chi connectivity index (χ0) is 27.8. The van der Waals surface area contributed by atoms with E-state index in [0.29, 0.717) is 0 Å². The molecule has 1 atom stereocenters. The molecule has 2 aromatic heterocycles. The van der Waals surface area contributed by atoms with Gasteiger partial charge in [-0.15, -0.1) is 11.3 Å². The fraction of sp³-hybridized carbons (Fsp3) is 0.0769. The Morgan fingerprint density at radius 2 is 1.24 bits per heavy atom. The number of para-hydroxylation sites is 3. The van der Waals surface area contributed by atoms with E-state index in [4.69, 9.17) is 0 Å². The van der Waals surface area contributed by atoms with E-state index in [1.165, 1.54) is 74.8 Å². The minimum Gasteiger partial charge on any atom is -0.309 e. The molecule has 42 heavy (non-hydrogen) atoms. The van der Waals surface area contributed by atoms with Gasteiger partial charge in [-0.1, -0.05) is 97.1 Å². The molecule has 0 radical (unpaired) electrons. The van der Waals surface area contributed by atoms with Crippen molar-refractivity contribution >= 4 is 63.3 Å². The second-order valence-electron chi connectivity index (χ2n) is 12.1. The Hall–Kier alpha value is -4.31. The van der Waals surface area contributed by atoms with Gasteiger partial charge >= 0.3 is 0 Å². The summed E-state index contributed by atoms with van der Waals surface area (Å²) in [6.07, 6.45) is 5.05. The summed E-state index contributed by atoms with van der Waals surface area (Å²) in [6.45, 7) is 0. The van der Waals surface area contributed by atoms with Crippen LogP contribution >= 0.6 is 21.4 Å². The Kier molecular flexibility index (Phi) is 4.29. The van der Waals surface area contributed by atoms with Crippen molar-refractivity contribution in [3.05, 3.63) is 150 Å². The highest BCUT2D eigenvalue weighted by atomic mass is 32.3. The minimum atomic E-state index is -1.34. The van der Waals surface area contributed by atoms with Crippen LogP contribution in [0.5, 0.6) is 0 Å². The summed E-state index contributed by atoms with van der Waals surface area (Å²) >= 11 is 1.93. The third-order valence-corrected chi connectivity index (χ3v) is 13.9. The molecular formula is C39H27NS2. The van der Waals surface area contributed by atoms with Crippen LogP contribution in [0.3, 0.4) is 0 Å². The van der Waals surface area contributed by atoms with Crippen molar-refractivity contribution in [1.82, 2.24) is 4.57 Å². The van der Waals surface area contributed by atoms with Gasteiger partial charge in [0, 0.05) is 35.8 Å². The minimum absolute atomic E-state index is 0.424. The van der Waals surface area contributed by atoms with Crippen LogP contribution in [0.15, 0.2) is 137 Å². The Bertz CT molecular complexity index is 2460. The van der Waals surface area contributed by atoms with Gasteiger partial charge in [0.2, 0.25) is 0 Å². The highest BCUT2D eigenvalue weighted by Crippen LogP contribution is 2.71. The van der Waals surface area contributed by atoms with Crippen molar-refractivity contribution in [1.29, 1.82) is 0 Å². The van der Waals surface area contributed by atoms with Gasteiger partial charge in [-0.25, -0.2) is 0 Å². The molecule has 4 heterocycles. The van der Waals surface area contributed by atoms with Crippen molar-refractivity contribution in [3.8, 4) is 5.69 Å². The number of nitrogens with zero attached hydrogens (tertiary/aromatic N) is 1. The Balaban J connectivity index is 1.51. The summed E-state index contributed by atoms with van der Waals surface area (Å²) in [6, 6.07) is 48.4. The molecule has 0 saturated carbocycles. The molecular weight excluding hydrogens is 547 g/mol. The normalized spacial score (nSPS) is 18.8. The quantitative estimate of drug-likeness (QED) is 0.170. The smallest absolute Gasteiger partial charge is 0.0763 e. The van der Waals surface area contributed by atoms with E-state index in [9.17, 15) is 0 Å². The van der Waals surface area contributed by atoms with Crippen molar-refractivity contribution in [2.24, 2.45) is 0 Å². The number of rotatable bonds is 0. The summed E-state index contributed by atoms with van der Waals surface area (Å²) in [7, 11) is -1.34. The van der Waals surface area contributed by atoms with Crippen LogP contribution in [0.2, 0.25) is 0 Å². The lowest BCUT2D eigenvalue weighted by Crippen LogP contribution is -2.39. The number of hydrogen-bond donors (Lipinski definition) is 0. The first-order valence-corrected chi connectivity index (χ1v) is 17.8. The Morgan fingerprint density at radius 3 is 2.14 bits per heavy atom. The molecule has 0 amide bonds. The Morgan fingerprint density at radius 1 is 0.548 bits per heavy atom. The third-order valence-electron chi connectivity index (χ3n) is 9.90. The lowest BCUT2D eigenvalue weighted by atomic mass is 9.62. The summed E-state index contributed by atoms with van der Waals surface area (Å²) < 4.78 is 5.30. The van der Waals surface area contributed by atoms with Crippen LogP contribution in [-0.2, 0) is 5.41 Å². The van der Waals surface area contributed by atoms with Gasteiger partial charge in [-0.05, 0) is 70.0 Å². The summed E-state index contributed by atoms with van der Waals surface area (Å²) in [5.41, 5.74) is 9.12. The molecule has 3 heteroatoms. The summed E-state index contributed by atoms with van der Waals surface area (Å²) in [5.74, 6) is 0. The predicted octanol–water partition coefficient (Wildman–Crippen LogP) is 10.6. The van der Waals surface area contributed by atoms with Crippen molar-refractivity contribution in [2.45, 2.75) is 15.2 Å². The fourth-order valence-electron chi connectivity index (χ4n) is 8.37. The maximum absolute atomic E-state index is 2.54. The van der Waals surface area contributed by atoms with Crippen LogP contribution in [0, 0.1) is 0 Å². The topological polar surface area (TPSA) is 4.93 Å². The third kappa shape index (κ3) is 2.51. The highest BCUT2D eigenvalue weighted by molar-refractivity contribution is 8.33. The van der Waals surface area contributed by atoms with E-state index < -0.39 is 15.4 Å². The fourth-order valence-corrected chi connectivity index (χ4v) is 12.5. The molecule has 0 N–H and O–H groups in total. The van der Waals surface area contributed by atoms with Gasteiger partial charge in [0.1, 0.15) is 0 Å². The molecule has 1 nitrogen and oxygen atoms in total. The van der Waals surface area contributed by atoms with Gasteiger partial charge < -0.3 is 4.57 Å². The summed E-state index contributed by atoms with van der Waals surface area (Å²) in [5, 5.41) is 5.49. The molecule has 10 rings (SSSR count). The lowest BCUT2D eigenvalue weighted by Gasteiger charge is -2.52. The number of benzene rings is 6. The van der Waals surface area contributed by atoms with Crippen LogP contribution in [0.1, 0.15) is 22.3 Å². The lowest BCUT2D eigenvalue weighted by molar-refractivity contribution is 0.689. The van der Waals surface area contributed by atoms with Crippen LogP contribution in [0.4, 0.5) is 0 Å². The van der Waals surface area contributed by atoms with Crippen LogP contribution in [0.25, 0.3) is 47.7 Å². The van der Waals surface area contributed by atoms with E-state index in [-0.39, 0.29) is 0 Å². The maximum Gasteiger partial charge on any atom is 0.0763 e. The standard InChI is InChI=1S/C39H27NS2/c1-42(2)35-21-10-6-16-28(35)39(30-22-23-34-36(38(30)42)26-13-4-9-20-33(26)41-34)27-15-5-8-19-32(27)40-31-18-7-3-12-24(31)25-14-11-17-29(39)37(25)40/h3-23H,1-2H3. The number of thiophene rings is 1. The SMILES string of the molecule is CS1(C)c2ccccc2C2(c3ccccc3-n3c4ccccc4c4cccc2c43)c2ccc3sc4ccccc4c3c21. The van der Waals surface area contributed by atoms with Crippen molar-refractivity contribution in [3.63, 3.8) is 0 Å². The molecule has 8 aromatic rings. The van der Waals surface area contributed by atoms with Gasteiger partial charge in [-0.2, -0.15) is 10.0 Å². The van der Waals surface area contributed by atoms with Crippen LogP contribution in [-0.4, -0.2) is 17.1 Å². The second kappa shape index (κ2) is 7.74. The predicted molar refractivity (Wildman–Crippen MR) is 182 cm³/mol. The average molecular weight is 574 g/mol. The maximum atomic E-state index is 2.54. The zero-order valence-corrected chi connectivity index (χ0v) is 25.0. The summed E-state index contributed by atoms with van der Waals surface area (Å²) in [4.78, 5) is 3.05. The van der Waals surface area contributed by atoms with E-state index >= 15 is 0 Å². The number of hydrogen-bond acceptors (Lipinski definition) is 1. The molecule has 1 spiro atoms. The van der Waals surface area contributed by atoms with Gasteiger partial charge in [0.25, 0.3) is 0 Å². The second-order valence-corrected chi connectivity index (χ2v) is 16.6. The van der Waals surface area contributed by atoms with Crippen molar-refractivity contribution in [2.75, 3.05) is 12.5 Å². The molecule has 200 valence electrons. The van der Waals surface area contributed by atoms with Crippen LogP contribution < -0.4 is 0 Å². The average Bonchev–Trinajstić information content (AvgIpc) is 3.58. The van der Waals surface area contributed by atoms with E-state index in [2.05, 4.69) is 144 Å². The molecule has 2 aliphatic rings. The first kappa shape index (κ1) is 23.3. The monoisotopic (exact) mass is 573 g/mol. The first-order chi connectivity index (χ1) is 20.6. The van der Waals surface area contributed by atoms with E-state index in [1.54, 1.807) is 4.90 Å². The first-order valence-electron chi connectivity index (χ1n) is 14.5. The molecule has 0 fully saturated rings. The molecule has 6 aromatic carbocycles. The Labute approximate surface area is 250 Å². The molecule has 1 unspecified atom stereocenters. The van der Waals surface area contributed by atoms with E-state index in [0.717, 1.165) is 0 Å². The number of fused-ring (bicyclic) bond motifs is 15. The number of aromatic nitrogens is 1.